The first-order valence-electron chi connectivity index (χ1n) is 5.16. The first-order chi connectivity index (χ1) is 7.24. The quantitative estimate of drug-likeness (QED) is 0.749. The molecule has 0 aliphatic heterocycles. The fourth-order valence-electron chi connectivity index (χ4n) is 1.51. The minimum atomic E-state index is -1.06. The third kappa shape index (κ3) is 2.43. The number of carboxylic acids is 1. The number of hydrogen-bond acceptors (Lipinski definition) is 2. The van der Waals surface area contributed by atoms with Crippen molar-refractivity contribution in [2.24, 2.45) is 5.41 Å². The van der Waals surface area contributed by atoms with Gasteiger partial charge >= 0.3 is 5.97 Å². The van der Waals surface area contributed by atoms with Gasteiger partial charge in [-0.15, -0.1) is 23.2 Å². The molecule has 0 aromatic heterocycles. The van der Waals surface area contributed by atoms with Crippen molar-refractivity contribution >= 4 is 35.1 Å². The molecule has 1 amide bonds. The average molecular weight is 268 g/mol. The molecule has 4 nitrogen and oxygen atoms in total. The standard InChI is InChI=1S/C10H15Cl2NO3/c1-3-4-6(7(14)15)13-8(16)9(2)5-10(9,11)12/h6H,3-5H2,1-2H3,(H,13,16)(H,14,15). The largest absolute Gasteiger partial charge is 0.480 e. The van der Waals surface area contributed by atoms with E-state index in [2.05, 4.69) is 5.32 Å². The van der Waals surface area contributed by atoms with Gasteiger partial charge in [0.05, 0.1) is 5.41 Å². The molecule has 1 saturated carbocycles. The molecule has 0 saturated heterocycles. The van der Waals surface area contributed by atoms with E-state index in [1.807, 2.05) is 6.92 Å². The van der Waals surface area contributed by atoms with E-state index in [0.29, 0.717) is 19.3 Å². The van der Waals surface area contributed by atoms with Crippen LogP contribution in [0.5, 0.6) is 0 Å². The summed E-state index contributed by atoms with van der Waals surface area (Å²) in [5, 5.41) is 11.4. The van der Waals surface area contributed by atoms with E-state index < -0.39 is 27.7 Å². The Morgan fingerprint density at radius 3 is 2.31 bits per heavy atom. The highest BCUT2D eigenvalue weighted by Gasteiger charge is 2.68. The molecule has 0 aromatic rings. The second kappa shape index (κ2) is 4.41. The van der Waals surface area contributed by atoms with Crippen LogP contribution in [0.25, 0.3) is 0 Å². The third-order valence-electron chi connectivity index (χ3n) is 2.94. The maximum atomic E-state index is 11.8. The maximum absolute atomic E-state index is 11.8. The first kappa shape index (κ1) is 13.6. The van der Waals surface area contributed by atoms with Gasteiger partial charge < -0.3 is 10.4 Å². The predicted octanol–water partition coefficient (Wildman–Crippen LogP) is 1.94. The van der Waals surface area contributed by atoms with Crippen molar-refractivity contribution in [1.82, 2.24) is 5.32 Å². The lowest BCUT2D eigenvalue weighted by Crippen LogP contribution is -2.44. The molecule has 1 rings (SSSR count). The van der Waals surface area contributed by atoms with Crippen LogP contribution in [-0.2, 0) is 9.59 Å². The van der Waals surface area contributed by atoms with Crippen LogP contribution in [0.4, 0.5) is 0 Å². The molecule has 2 N–H and O–H groups in total. The lowest BCUT2D eigenvalue weighted by molar-refractivity contribution is -0.142. The molecule has 92 valence electrons. The molecule has 1 fully saturated rings. The first-order valence-corrected chi connectivity index (χ1v) is 5.92. The summed E-state index contributed by atoms with van der Waals surface area (Å²) in [6, 6.07) is -0.862. The topological polar surface area (TPSA) is 66.4 Å². The minimum Gasteiger partial charge on any atom is -0.480 e. The Morgan fingerprint density at radius 1 is 1.50 bits per heavy atom. The number of aliphatic carboxylic acids is 1. The number of carboxylic acid groups (broad SMARTS) is 1. The number of carbonyl (C=O) groups is 2. The zero-order valence-corrected chi connectivity index (χ0v) is 10.7. The van der Waals surface area contributed by atoms with Crippen molar-refractivity contribution in [3.63, 3.8) is 0 Å². The molecule has 1 aliphatic carbocycles. The Bertz CT molecular complexity index is 319. The van der Waals surface area contributed by atoms with Gasteiger partial charge in [-0.1, -0.05) is 13.3 Å². The number of carbonyl (C=O) groups excluding carboxylic acids is 1. The molecule has 0 aromatic carbocycles. The van der Waals surface area contributed by atoms with Gasteiger partial charge in [0.15, 0.2) is 0 Å². The Morgan fingerprint density at radius 2 is 2.00 bits per heavy atom. The highest BCUT2D eigenvalue weighted by molar-refractivity contribution is 6.53. The second-order valence-corrected chi connectivity index (χ2v) is 5.85. The number of rotatable bonds is 5. The van der Waals surface area contributed by atoms with E-state index in [9.17, 15) is 9.59 Å². The van der Waals surface area contributed by atoms with Gasteiger partial charge in [-0.25, -0.2) is 4.79 Å². The van der Waals surface area contributed by atoms with E-state index in [1.165, 1.54) is 0 Å². The molecule has 1 aliphatic rings. The van der Waals surface area contributed by atoms with Crippen LogP contribution in [-0.4, -0.2) is 27.4 Å². The van der Waals surface area contributed by atoms with Gasteiger partial charge in [-0.2, -0.15) is 0 Å². The molecule has 16 heavy (non-hydrogen) atoms. The monoisotopic (exact) mass is 267 g/mol. The normalized spacial score (nSPS) is 28.2. The molecule has 2 atom stereocenters. The lowest BCUT2D eigenvalue weighted by Gasteiger charge is -2.17. The highest BCUT2D eigenvalue weighted by atomic mass is 35.5. The molecular weight excluding hydrogens is 253 g/mol. The van der Waals surface area contributed by atoms with E-state index in [1.54, 1.807) is 6.92 Å². The highest BCUT2D eigenvalue weighted by Crippen LogP contribution is 2.63. The summed E-state index contributed by atoms with van der Waals surface area (Å²) in [6.07, 6.45) is 1.43. The van der Waals surface area contributed by atoms with Crippen LogP contribution in [0.15, 0.2) is 0 Å². The average Bonchev–Trinajstić information content (AvgIpc) is 2.66. The van der Waals surface area contributed by atoms with Crippen molar-refractivity contribution in [2.75, 3.05) is 0 Å². The van der Waals surface area contributed by atoms with Crippen LogP contribution in [0.3, 0.4) is 0 Å². The summed E-state index contributed by atoms with van der Waals surface area (Å²) in [5.41, 5.74) is -0.864. The van der Waals surface area contributed by atoms with E-state index in [4.69, 9.17) is 28.3 Å². The van der Waals surface area contributed by atoms with Crippen molar-refractivity contribution < 1.29 is 14.7 Å². The van der Waals surface area contributed by atoms with Crippen molar-refractivity contribution in [3.05, 3.63) is 0 Å². The number of nitrogens with one attached hydrogen (secondary N) is 1. The Labute approximate surface area is 104 Å². The van der Waals surface area contributed by atoms with Crippen molar-refractivity contribution in [3.8, 4) is 0 Å². The van der Waals surface area contributed by atoms with Crippen molar-refractivity contribution in [2.45, 2.75) is 43.5 Å². The van der Waals surface area contributed by atoms with E-state index in [0.717, 1.165) is 0 Å². The molecule has 0 heterocycles. The zero-order chi connectivity index (χ0) is 12.6. The van der Waals surface area contributed by atoms with Gasteiger partial charge in [0.1, 0.15) is 10.4 Å². The fraction of sp³-hybridized carbons (Fsp3) is 0.800. The SMILES string of the molecule is CCCC(NC(=O)C1(C)CC1(Cl)Cl)C(=O)O. The summed E-state index contributed by atoms with van der Waals surface area (Å²) >= 11 is 11.7. The Hall–Kier alpha value is -0.480. The fourth-order valence-corrected chi connectivity index (χ4v) is 2.22. The lowest BCUT2D eigenvalue weighted by atomic mass is 10.1. The molecule has 0 bridgehead atoms. The molecule has 2 unspecified atom stereocenters. The van der Waals surface area contributed by atoms with Crippen LogP contribution >= 0.6 is 23.2 Å². The summed E-state index contributed by atoms with van der Waals surface area (Å²) in [6.45, 7) is 3.49. The van der Waals surface area contributed by atoms with Gasteiger partial charge in [0, 0.05) is 0 Å². The Kier molecular flexibility index (Phi) is 3.75. The molecular formula is C10H15Cl2NO3. The summed E-state index contributed by atoms with van der Waals surface area (Å²) in [5.74, 6) is -1.42. The van der Waals surface area contributed by atoms with Gasteiger partial charge in [0.2, 0.25) is 5.91 Å². The third-order valence-corrected chi connectivity index (χ3v) is 4.04. The predicted molar refractivity (Wildman–Crippen MR) is 61.6 cm³/mol. The van der Waals surface area contributed by atoms with Crippen LogP contribution < -0.4 is 5.32 Å². The molecule has 0 spiro atoms. The van der Waals surface area contributed by atoms with E-state index >= 15 is 0 Å². The van der Waals surface area contributed by atoms with Gasteiger partial charge in [-0.3, -0.25) is 4.79 Å². The summed E-state index contributed by atoms with van der Waals surface area (Å²) in [7, 11) is 0. The number of hydrogen-bond donors (Lipinski definition) is 2. The van der Waals surface area contributed by atoms with Crippen molar-refractivity contribution in [1.29, 1.82) is 0 Å². The number of halogens is 2. The van der Waals surface area contributed by atoms with Gasteiger partial charge in [0.25, 0.3) is 0 Å². The van der Waals surface area contributed by atoms with Gasteiger partial charge in [-0.05, 0) is 19.8 Å². The minimum absolute atomic E-state index is 0.355. The van der Waals surface area contributed by atoms with E-state index in [-0.39, 0.29) is 0 Å². The number of alkyl halides is 2. The van der Waals surface area contributed by atoms with Crippen LogP contribution in [0.2, 0.25) is 0 Å². The van der Waals surface area contributed by atoms with Crippen LogP contribution in [0.1, 0.15) is 33.1 Å². The molecule has 0 radical (unpaired) electrons. The maximum Gasteiger partial charge on any atom is 0.326 e. The smallest absolute Gasteiger partial charge is 0.326 e. The number of amides is 1. The Balaban J connectivity index is 2.60. The molecule has 6 heteroatoms. The van der Waals surface area contributed by atoms with Crippen LogP contribution in [0, 0.1) is 5.41 Å². The zero-order valence-electron chi connectivity index (χ0n) is 9.22. The summed E-state index contributed by atoms with van der Waals surface area (Å²) < 4.78 is -1.06. The summed E-state index contributed by atoms with van der Waals surface area (Å²) in [4.78, 5) is 22.6. The second-order valence-electron chi connectivity index (χ2n) is 4.37.